The zero-order valence-electron chi connectivity index (χ0n) is 15.3. The van der Waals surface area contributed by atoms with E-state index in [9.17, 15) is 9.59 Å². The Kier molecular flexibility index (Phi) is 6.45. The van der Waals surface area contributed by atoms with Crippen LogP contribution < -0.4 is 5.32 Å². The molecule has 1 aromatic carbocycles. The van der Waals surface area contributed by atoms with Crippen LogP contribution in [0.15, 0.2) is 42.6 Å². The van der Waals surface area contributed by atoms with Crippen LogP contribution >= 0.6 is 11.6 Å². The first-order chi connectivity index (χ1) is 13.0. The topological polar surface area (TPSA) is 68.3 Å². The third-order valence-corrected chi connectivity index (χ3v) is 5.19. The molecule has 142 valence electrons. The molecule has 1 amide bonds. The van der Waals surface area contributed by atoms with Crippen molar-refractivity contribution in [3.63, 3.8) is 0 Å². The maximum absolute atomic E-state index is 12.3. The number of ether oxygens (including phenoxy) is 1. The summed E-state index contributed by atoms with van der Waals surface area (Å²) in [5.74, 6) is -0.403. The van der Waals surface area contributed by atoms with Crippen LogP contribution in [0, 0.1) is 0 Å². The van der Waals surface area contributed by atoms with Crippen LogP contribution in [0.25, 0.3) is 0 Å². The fraction of sp³-hybridized carbons (Fsp3) is 0.381. The number of carbonyl (C=O) groups excluding carboxylic acids is 2. The Morgan fingerprint density at radius 1 is 1.15 bits per heavy atom. The highest BCUT2D eigenvalue weighted by molar-refractivity contribution is 6.32. The van der Waals surface area contributed by atoms with Gasteiger partial charge in [0.15, 0.2) is 11.3 Å². The number of anilines is 1. The molecule has 3 rings (SSSR count). The van der Waals surface area contributed by atoms with E-state index < -0.39 is 18.0 Å². The van der Waals surface area contributed by atoms with Gasteiger partial charge in [0, 0.05) is 6.20 Å². The van der Waals surface area contributed by atoms with Gasteiger partial charge in [0.05, 0.1) is 11.3 Å². The smallest absolute Gasteiger partial charge is 0.338 e. The number of carbonyl (C=O) groups is 2. The number of halogens is 1. The van der Waals surface area contributed by atoms with Crippen molar-refractivity contribution in [2.45, 2.75) is 51.0 Å². The number of hydrogen-bond donors (Lipinski definition) is 1. The van der Waals surface area contributed by atoms with Gasteiger partial charge in [-0.1, -0.05) is 43.0 Å². The van der Waals surface area contributed by atoms with Crippen LogP contribution in [0.5, 0.6) is 0 Å². The predicted molar refractivity (Wildman–Crippen MR) is 105 cm³/mol. The van der Waals surface area contributed by atoms with E-state index in [1.165, 1.54) is 50.8 Å². The second-order valence-corrected chi connectivity index (χ2v) is 7.19. The third-order valence-electron chi connectivity index (χ3n) is 4.89. The van der Waals surface area contributed by atoms with E-state index in [0.29, 0.717) is 17.2 Å². The lowest BCUT2D eigenvalue weighted by Gasteiger charge is -2.22. The second kappa shape index (κ2) is 9.00. The summed E-state index contributed by atoms with van der Waals surface area (Å²) in [6.45, 7) is 1.52. The average Bonchev–Trinajstić information content (AvgIpc) is 2.70. The maximum Gasteiger partial charge on any atom is 0.338 e. The van der Waals surface area contributed by atoms with Gasteiger partial charge in [0.25, 0.3) is 5.91 Å². The molecule has 5 nitrogen and oxygen atoms in total. The number of esters is 1. The van der Waals surface area contributed by atoms with Crippen molar-refractivity contribution >= 4 is 29.2 Å². The summed E-state index contributed by atoms with van der Waals surface area (Å²) in [5, 5.41) is 2.79. The van der Waals surface area contributed by atoms with Gasteiger partial charge in [0.2, 0.25) is 0 Å². The zero-order valence-corrected chi connectivity index (χ0v) is 16.0. The summed E-state index contributed by atoms with van der Waals surface area (Å²) in [6.07, 6.45) is 6.83. The molecule has 2 aromatic rings. The number of nitrogens with one attached hydrogen (secondary N) is 1. The van der Waals surface area contributed by atoms with Gasteiger partial charge in [-0.3, -0.25) is 4.79 Å². The molecule has 0 bridgehead atoms. The molecule has 1 atom stereocenters. The largest absolute Gasteiger partial charge is 0.449 e. The molecule has 27 heavy (non-hydrogen) atoms. The summed E-state index contributed by atoms with van der Waals surface area (Å²) in [5.41, 5.74) is 2.08. The lowest BCUT2D eigenvalue weighted by molar-refractivity contribution is -0.123. The van der Waals surface area contributed by atoms with Crippen LogP contribution in [-0.4, -0.2) is 23.0 Å². The molecular weight excluding hydrogens is 364 g/mol. The first-order valence-electron chi connectivity index (χ1n) is 9.27. The van der Waals surface area contributed by atoms with Crippen LogP contribution in [0.2, 0.25) is 5.15 Å². The molecule has 0 saturated heterocycles. The molecule has 1 N–H and O–H groups in total. The molecule has 1 aliphatic carbocycles. The standard InChI is InChI=1S/C21H23ClN2O3/c1-14(20(25)24-18-8-5-13-23-19(18)22)27-21(26)17-11-9-16(10-12-17)15-6-3-2-4-7-15/h5,8-15H,2-4,6-7H2,1H3,(H,24,25)/t14-/m1/s1. The molecule has 1 heterocycles. The zero-order chi connectivity index (χ0) is 19.2. The minimum Gasteiger partial charge on any atom is -0.449 e. The van der Waals surface area contributed by atoms with Crippen LogP contribution in [0.3, 0.4) is 0 Å². The molecule has 0 unspecified atom stereocenters. The first kappa shape index (κ1) is 19.4. The van der Waals surface area contributed by atoms with Crippen molar-refractivity contribution in [1.29, 1.82) is 0 Å². The number of amides is 1. The first-order valence-corrected chi connectivity index (χ1v) is 9.64. The fourth-order valence-electron chi connectivity index (χ4n) is 3.32. The number of nitrogens with zero attached hydrogens (tertiary/aromatic N) is 1. The number of benzene rings is 1. The van der Waals surface area contributed by atoms with Crippen molar-refractivity contribution in [2.75, 3.05) is 5.32 Å². The van der Waals surface area contributed by atoms with Gasteiger partial charge in [-0.2, -0.15) is 0 Å². The quantitative estimate of drug-likeness (QED) is 0.582. The van der Waals surface area contributed by atoms with Crippen LogP contribution in [0.1, 0.15) is 60.9 Å². The Balaban J connectivity index is 1.57. The molecule has 1 saturated carbocycles. The maximum atomic E-state index is 12.3. The number of pyridine rings is 1. The van der Waals surface area contributed by atoms with E-state index in [0.717, 1.165) is 0 Å². The van der Waals surface area contributed by atoms with E-state index >= 15 is 0 Å². The Bertz CT molecular complexity index is 801. The number of hydrogen-bond acceptors (Lipinski definition) is 4. The molecule has 1 aliphatic rings. The highest BCUT2D eigenvalue weighted by atomic mass is 35.5. The minimum atomic E-state index is -0.952. The Morgan fingerprint density at radius 3 is 2.52 bits per heavy atom. The van der Waals surface area contributed by atoms with Gasteiger partial charge in [-0.05, 0) is 55.5 Å². The normalized spacial score (nSPS) is 15.8. The Labute approximate surface area is 164 Å². The molecular formula is C21H23ClN2O3. The molecule has 6 heteroatoms. The van der Waals surface area contributed by atoms with Crippen molar-refractivity contribution < 1.29 is 14.3 Å². The highest BCUT2D eigenvalue weighted by Crippen LogP contribution is 2.32. The Morgan fingerprint density at radius 2 is 1.85 bits per heavy atom. The minimum absolute atomic E-state index is 0.183. The SMILES string of the molecule is C[C@@H](OC(=O)c1ccc(C2CCCCC2)cc1)C(=O)Nc1cccnc1Cl. The highest BCUT2D eigenvalue weighted by Gasteiger charge is 2.21. The van der Waals surface area contributed by atoms with E-state index in [1.807, 2.05) is 12.1 Å². The van der Waals surface area contributed by atoms with Crippen molar-refractivity contribution in [3.8, 4) is 0 Å². The molecule has 1 aromatic heterocycles. The van der Waals surface area contributed by atoms with E-state index in [2.05, 4.69) is 10.3 Å². The lowest BCUT2D eigenvalue weighted by Crippen LogP contribution is -2.30. The van der Waals surface area contributed by atoms with Crippen molar-refractivity contribution in [2.24, 2.45) is 0 Å². The molecule has 0 spiro atoms. The second-order valence-electron chi connectivity index (χ2n) is 6.84. The van der Waals surface area contributed by atoms with Crippen LogP contribution in [0.4, 0.5) is 5.69 Å². The summed E-state index contributed by atoms with van der Waals surface area (Å²) < 4.78 is 5.28. The Hall–Kier alpha value is -2.40. The van der Waals surface area contributed by atoms with E-state index in [4.69, 9.17) is 16.3 Å². The summed E-state index contributed by atoms with van der Waals surface area (Å²) in [4.78, 5) is 28.4. The fourth-order valence-corrected chi connectivity index (χ4v) is 3.49. The van der Waals surface area contributed by atoms with Gasteiger partial charge in [-0.15, -0.1) is 0 Å². The van der Waals surface area contributed by atoms with Crippen LogP contribution in [-0.2, 0) is 9.53 Å². The predicted octanol–water partition coefficient (Wildman–Crippen LogP) is 4.97. The molecule has 0 aliphatic heterocycles. The number of aromatic nitrogens is 1. The molecule has 1 fully saturated rings. The van der Waals surface area contributed by atoms with Gasteiger partial charge >= 0.3 is 5.97 Å². The van der Waals surface area contributed by atoms with Crippen molar-refractivity contribution in [1.82, 2.24) is 4.98 Å². The van der Waals surface area contributed by atoms with Crippen molar-refractivity contribution in [3.05, 3.63) is 58.9 Å². The summed E-state index contributed by atoms with van der Waals surface area (Å²) in [6, 6.07) is 10.8. The van der Waals surface area contributed by atoms with E-state index in [1.54, 1.807) is 24.3 Å². The van der Waals surface area contributed by atoms with Gasteiger partial charge in [0.1, 0.15) is 0 Å². The number of rotatable bonds is 5. The van der Waals surface area contributed by atoms with Gasteiger partial charge < -0.3 is 10.1 Å². The summed E-state index contributed by atoms with van der Waals surface area (Å²) in [7, 11) is 0. The summed E-state index contributed by atoms with van der Waals surface area (Å²) >= 11 is 5.92. The third kappa shape index (κ3) is 5.07. The van der Waals surface area contributed by atoms with E-state index in [-0.39, 0.29) is 5.15 Å². The van der Waals surface area contributed by atoms with Gasteiger partial charge in [-0.25, -0.2) is 9.78 Å². The molecule has 0 radical (unpaired) electrons. The monoisotopic (exact) mass is 386 g/mol. The average molecular weight is 387 g/mol. The lowest BCUT2D eigenvalue weighted by atomic mass is 9.84.